The summed E-state index contributed by atoms with van der Waals surface area (Å²) < 4.78 is 7.19. The number of hydrogen-bond donors (Lipinski definition) is 1. The summed E-state index contributed by atoms with van der Waals surface area (Å²) in [5.41, 5.74) is 8.84. The number of fused-ring (bicyclic) bond motifs is 1. The highest BCUT2D eigenvalue weighted by Gasteiger charge is 2.10. The van der Waals surface area contributed by atoms with Crippen LogP contribution in [0.1, 0.15) is 17.0 Å². The maximum absolute atomic E-state index is 6.07. The van der Waals surface area contributed by atoms with E-state index in [1.54, 1.807) is 0 Å². The molecule has 5 heteroatoms. The first kappa shape index (κ1) is 12.3. The zero-order valence-corrected chi connectivity index (χ0v) is 11.3. The second-order valence-corrected chi connectivity index (χ2v) is 5.01. The molecule has 0 bridgehead atoms. The number of benzene rings is 1. The first-order valence-electron chi connectivity index (χ1n) is 6.07. The first-order valence-corrected chi connectivity index (χ1v) is 6.44. The van der Waals surface area contributed by atoms with Crippen molar-refractivity contribution in [2.45, 2.75) is 20.0 Å². The number of nitrogens with two attached hydrogens (primary N) is 1. The van der Waals surface area contributed by atoms with Gasteiger partial charge in [0.1, 0.15) is 11.5 Å². The minimum absolute atomic E-state index is 0.503. The Hall–Kier alpha value is -1.78. The molecule has 0 aliphatic rings. The molecule has 0 spiro atoms. The maximum atomic E-state index is 6.07. The average Bonchev–Trinajstić information content (AvgIpc) is 2.94. The van der Waals surface area contributed by atoms with Crippen molar-refractivity contribution in [1.29, 1.82) is 0 Å². The molecule has 0 atom stereocenters. The predicted octanol–water partition coefficient (Wildman–Crippen LogP) is 3.10. The minimum Gasteiger partial charge on any atom is -0.361 e. The number of hydrogen-bond acceptors (Lipinski definition) is 3. The molecule has 0 aliphatic carbocycles. The quantitative estimate of drug-likeness (QED) is 0.799. The van der Waals surface area contributed by atoms with E-state index < -0.39 is 0 Å². The van der Waals surface area contributed by atoms with Crippen LogP contribution in [0.4, 0.5) is 0 Å². The van der Waals surface area contributed by atoms with Crippen LogP contribution < -0.4 is 5.73 Å². The molecule has 0 saturated carbocycles. The Morgan fingerprint density at radius 2 is 2.21 bits per heavy atom. The molecule has 0 radical (unpaired) electrons. The van der Waals surface area contributed by atoms with E-state index in [9.17, 15) is 0 Å². The van der Waals surface area contributed by atoms with Crippen molar-refractivity contribution in [1.82, 2.24) is 9.72 Å². The molecule has 2 heterocycles. The molecule has 19 heavy (non-hydrogen) atoms. The maximum Gasteiger partial charge on any atom is 0.133 e. The summed E-state index contributed by atoms with van der Waals surface area (Å²) in [4.78, 5) is 0. The van der Waals surface area contributed by atoms with E-state index >= 15 is 0 Å². The van der Waals surface area contributed by atoms with E-state index in [0.29, 0.717) is 18.1 Å². The number of aryl methyl sites for hydroxylation is 1. The van der Waals surface area contributed by atoms with Gasteiger partial charge in [0, 0.05) is 29.2 Å². The summed E-state index contributed by atoms with van der Waals surface area (Å²) >= 11 is 6.07. The van der Waals surface area contributed by atoms with Crippen molar-refractivity contribution in [2.75, 3.05) is 0 Å². The fourth-order valence-corrected chi connectivity index (χ4v) is 2.47. The van der Waals surface area contributed by atoms with Gasteiger partial charge in [-0.1, -0.05) is 22.8 Å². The molecule has 2 aromatic heterocycles. The van der Waals surface area contributed by atoms with E-state index in [-0.39, 0.29) is 0 Å². The van der Waals surface area contributed by atoms with Gasteiger partial charge in [-0.15, -0.1) is 0 Å². The highest BCUT2D eigenvalue weighted by molar-refractivity contribution is 6.31. The summed E-state index contributed by atoms with van der Waals surface area (Å²) in [6.45, 7) is 3.03. The van der Waals surface area contributed by atoms with Crippen molar-refractivity contribution in [3.63, 3.8) is 0 Å². The minimum atomic E-state index is 0.503. The topological polar surface area (TPSA) is 57.0 Å². The van der Waals surface area contributed by atoms with Gasteiger partial charge in [0.15, 0.2) is 0 Å². The SMILES string of the molecule is Cc1cc(Cn2cc(CN)c3ccc(Cl)cc32)no1. The molecule has 0 fully saturated rings. The smallest absolute Gasteiger partial charge is 0.133 e. The molecule has 0 saturated heterocycles. The van der Waals surface area contributed by atoms with Gasteiger partial charge in [-0.05, 0) is 24.6 Å². The summed E-state index contributed by atoms with van der Waals surface area (Å²) in [5, 5.41) is 5.86. The summed E-state index contributed by atoms with van der Waals surface area (Å²) in [5.74, 6) is 0.809. The second-order valence-electron chi connectivity index (χ2n) is 4.58. The zero-order chi connectivity index (χ0) is 13.4. The Morgan fingerprint density at radius 3 is 2.89 bits per heavy atom. The van der Waals surface area contributed by atoms with Gasteiger partial charge in [0.2, 0.25) is 0 Å². The molecular formula is C14H14ClN3O. The van der Waals surface area contributed by atoms with Crippen LogP contribution in [0.3, 0.4) is 0 Å². The van der Waals surface area contributed by atoms with Gasteiger partial charge in [-0.3, -0.25) is 0 Å². The summed E-state index contributed by atoms with van der Waals surface area (Å²) in [6, 6.07) is 7.76. The molecule has 2 N–H and O–H groups in total. The lowest BCUT2D eigenvalue weighted by Crippen LogP contribution is -1.98. The Balaban J connectivity index is 2.09. The third kappa shape index (κ3) is 2.25. The van der Waals surface area contributed by atoms with Gasteiger partial charge in [0.05, 0.1) is 12.1 Å². The lowest BCUT2D eigenvalue weighted by molar-refractivity contribution is 0.389. The van der Waals surface area contributed by atoms with Crippen LogP contribution in [-0.4, -0.2) is 9.72 Å². The number of halogens is 1. The average molecular weight is 276 g/mol. The van der Waals surface area contributed by atoms with E-state index in [1.165, 1.54) is 0 Å². The lowest BCUT2D eigenvalue weighted by atomic mass is 10.2. The highest BCUT2D eigenvalue weighted by atomic mass is 35.5. The van der Waals surface area contributed by atoms with E-state index in [0.717, 1.165) is 27.9 Å². The standard InChI is InChI=1S/C14H14ClN3O/c1-9-4-12(17-19-9)8-18-7-10(6-16)13-3-2-11(15)5-14(13)18/h2-5,7H,6,8,16H2,1H3. The van der Waals surface area contributed by atoms with Gasteiger partial charge >= 0.3 is 0 Å². The molecule has 1 aromatic carbocycles. The molecule has 98 valence electrons. The fourth-order valence-electron chi connectivity index (χ4n) is 2.30. The van der Waals surface area contributed by atoms with Crippen LogP contribution in [0.25, 0.3) is 10.9 Å². The van der Waals surface area contributed by atoms with Gasteiger partial charge in [-0.25, -0.2) is 0 Å². The van der Waals surface area contributed by atoms with Crippen LogP contribution >= 0.6 is 11.6 Å². The normalized spacial score (nSPS) is 11.3. The van der Waals surface area contributed by atoms with Crippen LogP contribution in [-0.2, 0) is 13.1 Å². The molecule has 3 aromatic rings. The summed E-state index contributed by atoms with van der Waals surface area (Å²) in [7, 11) is 0. The van der Waals surface area contributed by atoms with Gasteiger partial charge < -0.3 is 14.8 Å². The van der Waals surface area contributed by atoms with Crippen LogP contribution in [0, 0.1) is 6.92 Å². The van der Waals surface area contributed by atoms with Crippen molar-refractivity contribution in [3.8, 4) is 0 Å². The lowest BCUT2D eigenvalue weighted by Gasteiger charge is -2.02. The number of nitrogens with zero attached hydrogens (tertiary/aromatic N) is 2. The Morgan fingerprint density at radius 1 is 1.37 bits per heavy atom. The fraction of sp³-hybridized carbons (Fsp3) is 0.214. The molecular weight excluding hydrogens is 262 g/mol. The third-order valence-electron chi connectivity index (χ3n) is 3.16. The largest absolute Gasteiger partial charge is 0.361 e. The van der Waals surface area contributed by atoms with Crippen molar-refractivity contribution < 1.29 is 4.52 Å². The third-order valence-corrected chi connectivity index (χ3v) is 3.39. The van der Waals surface area contributed by atoms with Crippen molar-refractivity contribution in [3.05, 3.63) is 52.5 Å². The van der Waals surface area contributed by atoms with Gasteiger partial charge in [0.25, 0.3) is 0 Å². The highest BCUT2D eigenvalue weighted by Crippen LogP contribution is 2.25. The first-order chi connectivity index (χ1) is 9.17. The van der Waals surface area contributed by atoms with Crippen molar-refractivity contribution >= 4 is 22.5 Å². The Labute approximate surface area is 115 Å². The van der Waals surface area contributed by atoms with Crippen LogP contribution in [0.2, 0.25) is 5.02 Å². The molecule has 0 amide bonds. The summed E-state index contributed by atoms with van der Waals surface area (Å²) in [6.07, 6.45) is 2.05. The van der Waals surface area contributed by atoms with Crippen molar-refractivity contribution in [2.24, 2.45) is 5.73 Å². The monoisotopic (exact) mass is 275 g/mol. The van der Waals surface area contributed by atoms with E-state index in [4.69, 9.17) is 21.9 Å². The molecule has 4 nitrogen and oxygen atoms in total. The number of aromatic nitrogens is 2. The Kier molecular flexibility index (Phi) is 3.05. The number of rotatable bonds is 3. The Bertz CT molecular complexity index is 729. The zero-order valence-electron chi connectivity index (χ0n) is 10.6. The second kappa shape index (κ2) is 4.72. The predicted molar refractivity (Wildman–Crippen MR) is 75.2 cm³/mol. The van der Waals surface area contributed by atoms with Crippen LogP contribution in [0.15, 0.2) is 35.0 Å². The van der Waals surface area contributed by atoms with Crippen LogP contribution in [0.5, 0.6) is 0 Å². The molecule has 0 unspecified atom stereocenters. The molecule has 3 rings (SSSR count). The van der Waals surface area contributed by atoms with E-state index in [1.807, 2.05) is 37.4 Å². The van der Waals surface area contributed by atoms with E-state index in [2.05, 4.69) is 9.72 Å². The molecule has 0 aliphatic heterocycles. The van der Waals surface area contributed by atoms with Gasteiger partial charge in [-0.2, -0.15) is 0 Å².